The standard InChI is InChI=1S/C17H14Cl2N2O2/c1-10-3-2-4-12(7-10)21-16(22)9-15(17(21)23)20-14-6-5-11(18)8-13(14)19/h2-8,15,20H,9H2,1H3/t15-/m0/s1. The minimum Gasteiger partial charge on any atom is -0.372 e. The molecule has 1 saturated heterocycles. The molecule has 0 aromatic heterocycles. The first-order valence-electron chi connectivity index (χ1n) is 7.11. The van der Waals surface area contributed by atoms with Gasteiger partial charge in [-0.3, -0.25) is 9.59 Å². The highest BCUT2D eigenvalue weighted by Gasteiger charge is 2.39. The number of amides is 2. The number of halogens is 2. The number of imide groups is 1. The van der Waals surface area contributed by atoms with E-state index in [1.807, 2.05) is 25.1 Å². The predicted molar refractivity (Wildman–Crippen MR) is 92.2 cm³/mol. The van der Waals surface area contributed by atoms with Crippen molar-refractivity contribution in [2.75, 3.05) is 10.2 Å². The van der Waals surface area contributed by atoms with Gasteiger partial charge in [0.2, 0.25) is 5.91 Å². The Hall–Kier alpha value is -2.04. The van der Waals surface area contributed by atoms with Crippen LogP contribution in [0.1, 0.15) is 12.0 Å². The van der Waals surface area contributed by atoms with E-state index in [0.29, 0.717) is 21.4 Å². The molecule has 0 bridgehead atoms. The Kier molecular flexibility index (Phi) is 4.28. The van der Waals surface area contributed by atoms with E-state index in [-0.39, 0.29) is 18.2 Å². The van der Waals surface area contributed by atoms with Gasteiger partial charge < -0.3 is 5.32 Å². The molecule has 1 aliphatic rings. The Balaban J connectivity index is 1.84. The van der Waals surface area contributed by atoms with Crippen molar-refractivity contribution >= 4 is 46.4 Å². The molecule has 4 nitrogen and oxygen atoms in total. The lowest BCUT2D eigenvalue weighted by molar-refractivity contribution is -0.121. The summed E-state index contributed by atoms with van der Waals surface area (Å²) in [4.78, 5) is 26.0. The smallest absolute Gasteiger partial charge is 0.256 e. The van der Waals surface area contributed by atoms with E-state index in [1.54, 1.807) is 24.3 Å². The van der Waals surface area contributed by atoms with Gasteiger partial charge in [-0.05, 0) is 42.8 Å². The Morgan fingerprint density at radius 3 is 2.61 bits per heavy atom. The highest BCUT2D eigenvalue weighted by molar-refractivity contribution is 6.36. The number of aryl methyl sites for hydroxylation is 1. The van der Waals surface area contributed by atoms with Crippen LogP contribution < -0.4 is 10.2 Å². The van der Waals surface area contributed by atoms with Gasteiger partial charge in [-0.15, -0.1) is 0 Å². The molecule has 1 atom stereocenters. The van der Waals surface area contributed by atoms with E-state index in [2.05, 4.69) is 5.32 Å². The fourth-order valence-electron chi connectivity index (χ4n) is 2.58. The fraction of sp³-hybridized carbons (Fsp3) is 0.176. The van der Waals surface area contributed by atoms with Crippen LogP contribution in [0, 0.1) is 6.92 Å². The lowest BCUT2D eigenvalue weighted by Crippen LogP contribution is -2.34. The first-order valence-corrected chi connectivity index (χ1v) is 7.86. The van der Waals surface area contributed by atoms with Crippen LogP contribution in [-0.4, -0.2) is 17.9 Å². The van der Waals surface area contributed by atoms with Crippen LogP contribution in [0.2, 0.25) is 10.0 Å². The van der Waals surface area contributed by atoms with E-state index < -0.39 is 6.04 Å². The van der Waals surface area contributed by atoms with Crippen molar-refractivity contribution in [2.45, 2.75) is 19.4 Å². The zero-order chi connectivity index (χ0) is 16.6. The summed E-state index contributed by atoms with van der Waals surface area (Å²) in [7, 11) is 0. The van der Waals surface area contributed by atoms with Gasteiger partial charge in [0.05, 0.1) is 22.8 Å². The van der Waals surface area contributed by atoms with Gasteiger partial charge in [-0.1, -0.05) is 35.3 Å². The Labute approximate surface area is 144 Å². The van der Waals surface area contributed by atoms with Crippen LogP contribution >= 0.6 is 23.2 Å². The molecule has 6 heteroatoms. The SMILES string of the molecule is Cc1cccc(N2C(=O)C[C@H](Nc3ccc(Cl)cc3Cl)C2=O)c1. The monoisotopic (exact) mass is 348 g/mol. The number of anilines is 2. The zero-order valence-corrected chi connectivity index (χ0v) is 13.9. The van der Waals surface area contributed by atoms with Gasteiger partial charge in [-0.25, -0.2) is 4.90 Å². The van der Waals surface area contributed by atoms with E-state index >= 15 is 0 Å². The normalized spacial score (nSPS) is 17.7. The molecule has 1 fully saturated rings. The number of nitrogens with zero attached hydrogens (tertiary/aromatic N) is 1. The maximum atomic E-state index is 12.6. The third kappa shape index (κ3) is 3.19. The van der Waals surface area contributed by atoms with E-state index in [9.17, 15) is 9.59 Å². The van der Waals surface area contributed by atoms with Gasteiger partial charge in [0, 0.05) is 5.02 Å². The predicted octanol–water partition coefficient (Wildman–Crippen LogP) is 4.05. The lowest BCUT2D eigenvalue weighted by atomic mass is 10.2. The molecule has 0 unspecified atom stereocenters. The number of rotatable bonds is 3. The summed E-state index contributed by atoms with van der Waals surface area (Å²) in [6.45, 7) is 1.91. The van der Waals surface area contributed by atoms with Crippen molar-refractivity contribution in [1.82, 2.24) is 0 Å². The molecule has 3 rings (SSSR count). The minimum absolute atomic E-state index is 0.0890. The minimum atomic E-state index is -0.637. The summed E-state index contributed by atoms with van der Waals surface area (Å²) in [5.41, 5.74) is 2.15. The summed E-state index contributed by atoms with van der Waals surface area (Å²) in [5.74, 6) is -0.519. The van der Waals surface area contributed by atoms with Gasteiger partial charge >= 0.3 is 0 Å². The summed E-state index contributed by atoms with van der Waals surface area (Å²) in [5, 5.41) is 3.95. The fourth-order valence-corrected chi connectivity index (χ4v) is 3.04. The van der Waals surface area contributed by atoms with Gasteiger partial charge in [-0.2, -0.15) is 0 Å². The first-order chi connectivity index (χ1) is 11.0. The van der Waals surface area contributed by atoms with Crippen molar-refractivity contribution < 1.29 is 9.59 Å². The summed E-state index contributed by atoms with van der Waals surface area (Å²) in [6, 6.07) is 11.6. The summed E-state index contributed by atoms with van der Waals surface area (Å²) in [6.07, 6.45) is 0.0890. The third-order valence-electron chi connectivity index (χ3n) is 3.67. The largest absolute Gasteiger partial charge is 0.372 e. The molecule has 0 radical (unpaired) electrons. The van der Waals surface area contributed by atoms with Crippen molar-refractivity contribution in [3.8, 4) is 0 Å². The van der Waals surface area contributed by atoms with Gasteiger partial charge in [0.15, 0.2) is 0 Å². The summed E-state index contributed by atoms with van der Waals surface area (Å²) >= 11 is 12.0. The topological polar surface area (TPSA) is 49.4 Å². The molecular weight excluding hydrogens is 335 g/mol. The van der Waals surface area contributed by atoms with Crippen LogP contribution in [-0.2, 0) is 9.59 Å². The lowest BCUT2D eigenvalue weighted by Gasteiger charge is -2.17. The van der Waals surface area contributed by atoms with Crippen molar-refractivity contribution in [1.29, 1.82) is 0 Å². The maximum Gasteiger partial charge on any atom is 0.256 e. The molecule has 0 saturated carbocycles. The number of hydrogen-bond acceptors (Lipinski definition) is 3. The molecule has 0 spiro atoms. The molecule has 1 N–H and O–H groups in total. The first kappa shape index (κ1) is 15.8. The average Bonchev–Trinajstić information content (AvgIpc) is 2.76. The second-order valence-corrected chi connectivity index (χ2v) is 6.28. The van der Waals surface area contributed by atoms with E-state index in [1.165, 1.54) is 4.90 Å². The van der Waals surface area contributed by atoms with E-state index in [0.717, 1.165) is 5.56 Å². The maximum absolute atomic E-state index is 12.6. The van der Waals surface area contributed by atoms with Crippen LogP contribution in [0.5, 0.6) is 0 Å². The van der Waals surface area contributed by atoms with Crippen LogP contribution in [0.15, 0.2) is 42.5 Å². The molecule has 23 heavy (non-hydrogen) atoms. The number of carbonyl (C=O) groups is 2. The highest BCUT2D eigenvalue weighted by atomic mass is 35.5. The number of benzene rings is 2. The quantitative estimate of drug-likeness (QED) is 0.851. The Morgan fingerprint density at radius 2 is 1.91 bits per heavy atom. The van der Waals surface area contributed by atoms with E-state index in [4.69, 9.17) is 23.2 Å². The molecular formula is C17H14Cl2N2O2. The Morgan fingerprint density at radius 1 is 1.13 bits per heavy atom. The molecule has 0 aliphatic carbocycles. The molecule has 118 valence electrons. The summed E-state index contributed by atoms with van der Waals surface area (Å²) < 4.78 is 0. The third-order valence-corrected chi connectivity index (χ3v) is 4.22. The average molecular weight is 349 g/mol. The number of carbonyl (C=O) groups excluding carboxylic acids is 2. The van der Waals surface area contributed by atoms with Crippen molar-refractivity contribution in [3.05, 3.63) is 58.1 Å². The molecule has 1 heterocycles. The van der Waals surface area contributed by atoms with Crippen molar-refractivity contribution in [3.63, 3.8) is 0 Å². The molecule has 2 amide bonds. The second kappa shape index (κ2) is 6.22. The van der Waals surface area contributed by atoms with Gasteiger partial charge in [0.25, 0.3) is 5.91 Å². The zero-order valence-electron chi connectivity index (χ0n) is 12.3. The highest BCUT2D eigenvalue weighted by Crippen LogP contribution is 2.29. The number of hydrogen-bond donors (Lipinski definition) is 1. The number of nitrogens with one attached hydrogen (secondary N) is 1. The van der Waals surface area contributed by atoms with Crippen LogP contribution in [0.3, 0.4) is 0 Å². The second-order valence-electron chi connectivity index (χ2n) is 5.43. The molecule has 1 aliphatic heterocycles. The van der Waals surface area contributed by atoms with Crippen LogP contribution in [0.4, 0.5) is 11.4 Å². The molecule has 2 aromatic carbocycles. The van der Waals surface area contributed by atoms with Gasteiger partial charge in [0.1, 0.15) is 6.04 Å². The van der Waals surface area contributed by atoms with Crippen molar-refractivity contribution in [2.24, 2.45) is 0 Å². The molecule has 2 aromatic rings. The Bertz CT molecular complexity index is 792. The van der Waals surface area contributed by atoms with Crippen LogP contribution in [0.25, 0.3) is 0 Å².